The van der Waals surface area contributed by atoms with Crippen LogP contribution < -0.4 is 0 Å². The maximum absolute atomic E-state index is 11.7. The summed E-state index contributed by atoms with van der Waals surface area (Å²) < 4.78 is 6.38. The van der Waals surface area contributed by atoms with E-state index in [-0.39, 0.29) is 11.9 Å². The van der Waals surface area contributed by atoms with Gasteiger partial charge in [-0.15, -0.1) is 5.10 Å². The molecule has 1 atom stereocenters. The highest BCUT2D eigenvalue weighted by Crippen LogP contribution is 2.17. The monoisotopic (exact) mass is 246 g/mol. The number of benzene rings is 1. The molecule has 0 aliphatic rings. The van der Waals surface area contributed by atoms with E-state index in [9.17, 15) is 4.79 Å². The van der Waals surface area contributed by atoms with Crippen molar-refractivity contribution in [3.63, 3.8) is 0 Å². The Bertz CT molecular complexity index is 524. The molecule has 0 spiro atoms. The molecule has 0 aliphatic carbocycles. The highest BCUT2D eigenvalue weighted by Gasteiger charge is 2.21. The largest absolute Gasteiger partial charge is 0.460 e. The van der Waals surface area contributed by atoms with Gasteiger partial charge in [-0.25, -0.2) is 9.48 Å². The van der Waals surface area contributed by atoms with Crippen LogP contribution in [0.4, 0.5) is 0 Å². The van der Waals surface area contributed by atoms with E-state index >= 15 is 0 Å². The van der Waals surface area contributed by atoms with Crippen molar-refractivity contribution < 1.29 is 9.53 Å². The van der Waals surface area contributed by atoms with Gasteiger partial charge in [0.05, 0.1) is 12.6 Å². The first kappa shape index (κ1) is 12.2. The van der Waals surface area contributed by atoms with Gasteiger partial charge in [-0.1, -0.05) is 30.3 Å². The summed E-state index contributed by atoms with van der Waals surface area (Å²) in [5.41, 5.74) is 1.02. The fourth-order valence-electron chi connectivity index (χ4n) is 1.66. The SMILES string of the molecule is CCOC(=O)c1nnnn1C(C)c1ccccc1. The van der Waals surface area contributed by atoms with Crippen LogP contribution in [-0.2, 0) is 4.74 Å². The third-order valence-electron chi connectivity index (χ3n) is 2.60. The number of esters is 1. The van der Waals surface area contributed by atoms with Gasteiger partial charge in [-0.2, -0.15) is 0 Å². The molecule has 18 heavy (non-hydrogen) atoms. The van der Waals surface area contributed by atoms with Crippen LogP contribution >= 0.6 is 0 Å². The van der Waals surface area contributed by atoms with Gasteiger partial charge in [0.1, 0.15) is 0 Å². The molecule has 0 saturated heterocycles. The summed E-state index contributed by atoms with van der Waals surface area (Å²) in [6.45, 7) is 3.96. The molecule has 94 valence electrons. The van der Waals surface area contributed by atoms with E-state index in [2.05, 4.69) is 15.5 Å². The van der Waals surface area contributed by atoms with Gasteiger partial charge in [-0.05, 0) is 29.8 Å². The zero-order valence-corrected chi connectivity index (χ0v) is 10.3. The highest BCUT2D eigenvalue weighted by atomic mass is 16.5. The molecule has 0 amide bonds. The van der Waals surface area contributed by atoms with Crippen LogP contribution in [0.1, 0.15) is 36.1 Å². The summed E-state index contributed by atoms with van der Waals surface area (Å²) in [6, 6.07) is 9.59. The van der Waals surface area contributed by atoms with E-state index in [1.807, 2.05) is 37.3 Å². The van der Waals surface area contributed by atoms with Gasteiger partial charge in [0.15, 0.2) is 0 Å². The number of ether oxygens (including phenoxy) is 1. The molecular weight excluding hydrogens is 232 g/mol. The number of hydrogen-bond donors (Lipinski definition) is 0. The summed E-state index contributed by atoms with van der Waals surface area (Å²) in [5.74, 6) is -0.390. The Morgan fingerprint density at radius 2 is 2.11 bits per heavy atom. The lowest BCUT2D eigenvalue weighted by Crippen LogP contribution is -2.18. The molecule has 2 aromatic rings. The number of carbonyl (C=O) groups excluding carboxylic acids is 1. The standard InChI is InChI=1S/C12H14N4O2/c1-3-18-12(17)11-13-14-15-16(11)9(2)10-7-5-4-6-8-10/h4-9H,3H2,1-2H3. The molecule has 0 bridgehead atoms. The smallest absolute Gasteiger partial charge is 0.378 e. The Kier molecular flexibility index (Phi) is 3.66. The number of rotatable bonds is 4. The second-order valence-corrected chi connectivity index (χ2v) is 3.75. The van der Waals surface area contributed by atoms with E-state index < -0.39 is 5.97 Å². The average Bonchev–Trinajstić information content (AvgIpc) is 2.88. The summed E-state index contributed by atoms with van der Waals surface area (Å²) in [5, 5.41) is 11.1. The molecule has 0 N–H and O–H groups in total. The molecule has 0 fully saturated rings. The van der Waals surface area contributed by atoms with E-state index in [4.69, 9.17) is 4.74 Å². The quantitative estimate of drug-likeness (QED) is 0.764. The van der Waals surface area contributed by atoms with Crippen LogP contribution in [0.3, 0.4) is 0 Å². The van der Waals surface area contributed by atoms with Gasteiger partial charge in [-0.3, -0.25) is 0 Å². The molecule has 0 radical (unpaired) electrons. The first-order chi connectivity index (χ1) is 8.74. The fourth-order valence-corrected chi connectivity index (χ4v) is 1.66. The first-order valence-electron chi connectivity index (χ1n) is 5.74. The molecule has 1 heterocycles. The summed E-state index contributed by atoms with van der Waals surface area (Å²) >= 11 is 0. The van der Waals surface area contributed by atoms with Crippen molar-refractivity contribution >= 4 is 5.97 Å². The maximum Gasteiger partial charge on any atom is 0.378 e. The Morgan fingerprint density at radius 3 is 2.78 bits per heavy atom. The van der Waals surface area contributed by atoms with Crippen molar-refractivity contribution in [1.82, 2.24) is 20.2 Å². The molecule has 6 heteroatoms. The Morgan fingerprint density at radius 1 is 1.39 bits per heavy atom. The normalized spacial score (nSPS) is 12.1. The van der Waals surface area contributed by atoms with Crippen molar-refractivity contribution in [2.75, 3.05) is 6.61 Å². The van der Waals surface area contributed by atoms with E-state index in [1.165, 1.54) is 4.68 Å². The predicted molar refractivity (Wildman–Crippen MR) is 64.0 cm³/mol. The molecule has 0 saturated carbocycles. The maximum atomic E-state index is 11.7. The first-order valence-corrected chi connectivity index (χ1v) is 5.74. The number of aromatic nitrogens is 4. The number of tetrazole rings is 1. The highest BCUT2D eigenvalue weighted by molar-refractivity contribution is 5.85. The van der Waals surface area contributed by atoms with E-state index in [0.29, 0.717) is 6.61 Å². The van der Waals surface area contributed by atoms with Crippen molar-refractivity contribution in [3.8, 4) is 0 Å². The Hall–Kier alpha value is -2.24. The minimum Gasteiger partial charge on any atom is -0.460 e. The lowest BCUT2D eigenvalue weighted by molar-refractivity contribution is 0.0503. The average molecular weight is 246 g/mol. The van der Waals surface area contributed by atoms with Crippen LogP contribution in [0.2, 0.25) is 0 Å². The minimum absolute atomic E-state index is 0.119. The van der Waals surface area contributed by atoms with Gasteiger partial charge in [0, 0.05) is 0 Å². The zero-order valence-electron chi connectivity index (χ0n) is 10.3. The van der Waals surface area contributed by atoms with Gasteiger partial charge in [0.2, 0.25) is 0 Å². The number of hydrogen-bond acceptors (Lipinski definition) is 5. The van der Waals surface area contributed by atoms with Crippen LogP contribution in [-0.4, -0.2) is 32.8 Å². The van der Waals surface area contributed by atoms with Gasteiger partial charge >= 0.3 is 5.97 Å². The third kappa shape index (κ3) is 2.37. The molecule has 1 aromatic carbocycles. The summed E-state index contributed by atoms with van der Waals surface area (Å²) in [4.78, 5) is 11.7. The predicted octanol–water partition coefficient (Wildman–Crippen LogP) is 1.46. The Balaban J connectivity index is 2.29. The minimum atomic E-state index is -0.509. The molecule has 0 aliphatic heterocycles. The third-order valence-corrected chi connectivity index (χ3v) is 2.60. The number of nitrogens with zero attached hydrogens (tertiary/aromatic N) is 4. The molecule has 1 unspecified atom stereocenters. The van der Waals surface area contributed by atoms with Crippen molar-refractivity contribution in [2.45, 2.75) is 19.9 Å². The molecule has 6 nitrogen and oxygen atoms in total. The van der Waals surface area contributed by atoms with Crippen molar-refractivity contribution in [1.29, 1.82) is 0 Å². The lowest BCUT2D eigenvalue weighted by Gasteiger charge is -2.12. The lowest BCUT2D eigenvalue weighted by atomic mass is 10.1. The summed E-state index contributed by atoms with van der Waals surface area (Å²) in [7, 11) is 0. The molecular formula is C12H14N4O2. The van der Waals surface area contributed by atoms with Crippen molar-refractivity contribution in [2.24, 2.45) is 0 Å². The van der Waals surface area contributed by atoms with E-state index in [1.54, 1.807) is 6.92 Å². The second kappa shape index (κ2) is 5.39. The molecule has 2 rings (SSSR count). The summed E-state index contributed by atoms with van der Waals surface area (Å²) in [6.07, 6.45) is 0. The fraction of sp³-hybridized carbons (Fsp3) is 0.333. The topological polar surface area (TPSA) is 69.9 Å². The number of carbonyl (C=O) groups is 1. The van der Waals surface area contributed by atoms with Crippen LogP contribution in [0, 0.1) is 0 Å². The van der Waals surface area contributed by atoms with Crippen LogP contribution in [0.15, 0.2) is 30.3 Å². The molecule has 1 aromatic heterocycles. The van der Waals surface area contributed by atoms with Crippen LogP contribution in [0.25, 0.3) is 0 Å². The van der Waals surface area contributed by atoms with E-state index in [0.717, 1.165) is 5.56 Å². The zero-order chi connectivity index (χ0) is 13.0. The van der Waals surface area contributed by atoms with Gasteiger partial charge in [0.25, 0.3) is 5.82 Å². The Labute approximate surface area is 105 Å². The second-order valence-electron chi connectivity index (χ2n) is 3.75. The van der Waals surface area contributed by atoms with Crippen molar-refractivity contribution in [3.05, 3.63) is 41.7 Å². The van der Waals surface area contributed by atoms with Gasteiger partial charge < -0.3 is 4.74 Å². The van der Waals surface area contributed by atoms with Crippen LogP contribution in [0.5, 0.6) is 0 Å².